The molecule has 0 bridgehead atoms. The Kier molecular flexibility index (Phi) is 40.3. The fraction of sp³-hybridized carbons (Fsp3) is 0.963. The number of phosphoric ester groups is 1. The van der Waals surface area contributed by atoms with Gasteiger partial charge in [-0.3, -0.25) is 18.6 Å². The lowest BCUT2D eigenvalue weighted by Crippen LogP contribution is -2.60. The first-order chi connectivity index (χ1) is 36.2. The minimum Gasteiger partial charge on any atom is -0.462 e. The number of hydrogen-bond donors (Lipinski definition) is 9. The Bertz CT molecular complexity index is 1410. The second-order valence-corrected chi connectivity index (χ2v) is 22.2. The monoisotopic (exact) mass is 1100 g/mol. The Morgan fingerprint density at radius 2 is 0.773 bits per heavy atom. The van der Waals surface area contributed by atoms with Crippen molar-refractivity contribution in [2.75, 3.05) is 39.6 Å². The van der Waals surface area contributed by atoms with Gasteiger partial charge in [-0.25, -0.2) is 4.57 Å². The number of hydrogen-bond acceptors (Lipinski definition) is 19. The fourth-order valence-corrected chi connectivity index (χ4v) is 10.1. The van der Waals surface area contributed by atoms with Gasteiger partial charge in [-0.05, 0) is 12.8 Å². The molecule has 2 rings (SSSR count). The van der Waals surface area contributed by atoms with Gasteiger partial charge in [-0.1, -0.05) is 194 Å². The van der Waals surface area contributed by atoms with Crippen molar-refractivity contribution in [1.82, 2.24) is 0 Å². The summed E-state index contributed by atoms with van der Waals surface area (Å²) in [6.45, 7) is 0.121. The molecule has 0 saturated carbocycles. The minimum atomic E-state index is -5.20. The third-order valence-electron chi connectivity index (χ3n) is 14.0. The van der Waals surface area contributed by atoms with Crippen LogP contribution in [0.5, 0.6) is 0 Å². The maximum atomic E-state index is 13.5. The highest BCUT2D eigenvalue weighted by atomic mass is 31.2. The van der Waals surface area contributed by atoms with Crippen LogP contribution < -0.4 is 0 Å². The fourth-order valence-electron chi connectivity index (χ4n) is 9.22. The van der Waals surface area contributed by atoms with Gasteiger partial charge in [0, 0.05) is 12.8 Å². The van der Waals surface area contributed by atoms with Crippen molar-refractivity contribution >= 4 is 19.8 Å². The summed E-state index contributed by atoms with van der Waals surface area (Å²) in [7, 11) is -5.20. The van der Waals surface area contributed by atoms with Crippen LogP contribution in [0.3, 0.4) is 0 Å². The van der Waals surface area contributed by atoms with E-state index in [9.17, 15) is 59.9 Å². The predicted octanol–water partition coefficient (Wildman–Crippen LogP) is 7.10. The van der Waals surface area contributed by atoms with Crippen LogP contribution in [0.25, 0.3) is 0 Å². The zero-order chi connectivity index (χ0) is 55.1. The highest BCUT2D eigenvalue weighted by Gasteiger charge is 2.46. The number of phosphoric acid groups is 1. The molecule has 2 saturated heterocycles. The summed E-state index contributed by atoms with van der Waals surface area (Å²) in [6.07, 6.45) is 15.2. The van der Waals surface area contributed by atoms with Gasteiger partial charge < -0.3 is 74.2 Å². The normalized spacial score (nSPS) is 25.3. The van der Waals surface area contributed by atoms with E-state index in [2.05, 4.69) is 13.8 Å². The van der Waals surface area contributed by atoms with Gasteiger partial charge in [0.2, 0.25) is 0 Å². The van der Waals surface area contributed by atoms with Gasteiger partial charge in [0.25, 0.3) is 0 Å². The molecule has 12 atom stereocenters. The zero-order valence-corrected chi connectivity index (χ0v) is 46.7. The third-order valence-corrected chi connectivity index (χ3v) is 15.0. The van der Waals surface area contributed by atoms with Crippen molar-refractivity contribution in [1.29, 1.82) is 0 Å². The Morgan fingerprint density at radius 1 is 0.440 bits per heavy atom. The molecule has 444 valence electrons. The number of carbonyl (C=O) groups excluding carboxylic acids is 2. The Morgan fingerprint density at radius 3 is 1.12 bits per heavy atom. The van der Waals surface area contributed by atoms with Crippen molar-refractivity contribution in [3.05, 3.63) is 0 Å². The van der Waals surface area contributed by atoms with Crippen molar-refractivity contribution in [3.63, 3.8) is 0 Å². The number of aliphatic hydroxyl groups excluding tert-OH is 8. The molecule has 2 aliphatic heterocycles. The summed E-state index contributed by atoms with van der Waals surface area (Å²) in [5.74, 6) is -1.16. The van der Waals surface area contributed by atoms with Crippen LogP contribution in [0.15, 0.2) is 0 Å². The van der Waals surface area contributed by atoms with Gasteiger partial charge in [-0.15, -0.1) is 0 Å². The summed E-state index contributed by atoms with van der Waals surface area (Å²) in [4.78, 5) is 36.9. The van der Waals surface area contributed by atoms with E-state index < -0.39 is 133 Å². The van der Waals surface area contributed by atoms with Gasteiger partial charge in [-0.2, -0.15) is 0 Å². The third kappa shape index (κ3) is 31.8. The maximum Gasteiger partial charge on any atom is 0.472 e. The smallest absolute Gasteiger partial charge is 0.462 e. The van der Waals surface area contributed by atoms with E-state index in [0.29, 0.717) is 12.8 Å². The van der Waals surface area contributed by atoms with Crippen LogP contribution in [0.2, 0.25) is 0 Å². The Hall–Kier alpha value is -1.43. The van der Waals surface area contributed by atoms with Crippen molar-refractivity contribution < 1.29 is 97.4 Å². The maximum absolute atomic E-state index is 13.5. The van der Waals surface area contributed by atoms with Crippen LogP contribution in [-0.2, 0) is 51.6 Å². The average Bonchev–Trinajstić information content (AvgIpc) is 3.39. The van der Waals surface area contributed by atoms with E-state index in [4.69, 9.17) is 37.5 Å². The molecule has 0 aromatic carbocycles. The molecule has 2 heterocycles. The van der Waals surface area contributed by atoms with E-state index in [-0.39, 0.29) is 12.8 Å². The summed E-state index contributed by atoms with van der Waals surface area (Å²) in [5.41, 5.74) is 0. The molecule has 20 nitrogen and oxygen atoms in total. The van der Waals surface area contributed by atoms with Crippen LogP contribution in [0, 0.1) is 0 Å². The number of ether oxygens (including phenoxy) is 6. The number of unbranched alkanes of at least 4 members (excludes halogenated alkanes) is 28. The molecule has 2 aliphatic rings. The van der Waals surface area contributed by atoms with Crippen LogP contribution in [-0.4, -0.2) is 171 Å². The van der Waals surface area contributed by atoms with Crippen molar-refractivity contribution in [2.45, 2.75) is 293 Å². The molecule has 9 N–H and O–H groups in total. The molecule has 1 unspecified atom stereocenters. The molecule has 2 fully saturated rings. The van der Waals surface area contributed by atoms with Crippen molar-refractivity contribution in [3.8, 4) is 0 Å². The van der Waals surface area contributed by atoms with Crippen LogP contribution >= 0.6 is 7.82 Å². The number of carbonyl (C=O) groups is 2. The highest BCUT2D eigenvalue weighted by Crippen LogP contribution is 2.45. The summed E-state index contributed by atoms with van der Waals surface area (Å²) in [6, 6.07) is 0. The molecule has 0 aromatic heterocycles. The van der Waals surface area contributed by atoms with Crippen LogP contribution in [0.1, 0.15) is 219 Å². The largest absolute Gasteiger partial charge is 0.472 e. The lowest BCUT2D eigenvalue weighted by Gasteiger charge is -2.40. The topological polar surface area (TPSA) is 307 Å². The number of rotatable bonds is 48. The second-order valence-electron chi connectivity index (χ2n) is 20.7. The lowest BCUT2D eigenvalue weighted by atomic mass is 9.99. The first kappa shape index (κ1) is 69.7. The molecule has 0 amide bonds. The number of esters is 2. The SMILES string of the molecule is CCCCCCCCCCCCCCCCCC(=O)OC[C@H](COP(=O)(O)OC(CO[C@H]1O[C@H](CO)[C@@H](O)[C@H](O)[C@@H]1O)CO[C@H]1O[C@H](CO)[C@@H](O)[C@H](O)[C@@H]1O)OC(=O)CCCCCCCCCCCCCCCCC. The van der Waals surface area contributed by atoms with Crippen molar-refractivity contribution in [2.24, 2.45) is 0 Å². The Balaban J connectivity index is 1.97. The standard InChI is InChI=1S/C54H103O20P/c1-3-5-7-9-11-13-15-17-19-21-23-25-27-29-31-33-45(57)67-37-41(71-46(58)34-32-30-28-26-24-22-20-18-16-14-12-10-8-6-4-2)40-70-75(65,66)74-42(38-68-53-51(63)49(61)47(59)43(35-55)72-53)39-69-54-52(64)50(62)48(60)44(36-56)73-54/h41-44,47-56,59-64H,3-40H2,1-2H3,(H,65,66)/t41-,43-,44-,47-,48-,49+,50+,51+,52+,53+,54+/m1/s1. The summed E-state index contributed by atoms with van der Waals surface area (Å²) in [5, 5.41) is 81.2. The lowest BCUT2D eigenvalue weighted by molar-refractivity contribution is -0.314. The van der Waals surface area contributed by atoms with Gasteiger partial charge in [0.1, 0.15) is 61.5 Å². The number of aliphatic hydroxyl groups is 8. The van der Waals surface area contributed by atoms with Crippen LogP contribution in [0.4, 0.5) is 0 Å². The molecular formula is C54H103O20P. The molecular weight excluding hydrogens is 1000 g/mol. The zero-order valence-electron chi connectivity index (χ0n) is 45.8. The van der Waals surface area contributed by atoms with E-state index in [1.165, 1.54) is 128 Å². The van der Waals surface area contributed by atoms with E-state index in [1.807, 2.05) is 0 Å². The summed E-state index contributed by atoms with van der Waals surface area (Å²) >= 11 is 0. The Labute approximate surface area is 448 Å². The van der Waals surface area contributed by atoms with E-state index in [1.54, 1.807) is 0 Å². The quantitative estimate of drug-likeness (QED) is 0.0167. The molecule has 0 spiro atoms. The van der Waals surface area contributed by atoms with Gasteiger partial charge in [0.15, 0.2) is 18.7 Å². The van der Waals surface area contributed by atoms with E-state index in [0.717, 1.165) is 51.4 Å². The van der Waals surface area contributed by atoms with Gasteiger partial charge in [0.05, 0.1) is 33.0 Å². The summed E-state index contributed by atoms with van der Waals surface area (Å²) < 4.78 is 57.1. The predicted molar refractivity (Wildman–Crippen MR) is 280 cm³/mol. The highest BCUT2D eigenvalue weighted by molar-refractivity contribution is 7.47. The molecule has 0 radical (unpaired) electrons. The molecule has 0 aliphatic carbocycles. The molecule has 0 aromatic rings. The molecule has 21 heteroatoms. The second kappa shape index (κ2) is 43.4. The minimum absolute atomic E-state index is 0.0573. The average molecular weight is 1100 g/mol. The van der Waals surface area contributed by atoms with Gasteiger partial charge >= 0.3 is 19.8 Å². The first-order valence-electron chi connectivity index (χ1n) is 29.0. The first-order valence-corrected chi connectivity index (χ1v) is 30.5. The van der Waals surface area contributed by atoms with E-state index >= 15 is 0 Å². The molecule has 75 heavy (non-hydrogen) atoms.